The van der Waals surface area contributed by atoms with Gasteiger partial charge in [0.1, 0.15) is 16.6 Å². The molecule has 1 aliphatic heterocycles. The van der Waals surface area contributed by atoms with Gasteiger partial charge in [-0.1, -0.05) is 17.8 Å². The molecule has 1 aliphatic rings. The van der Waals surface area contributed by atoms with Crippen LogP contribution in [0.3, 0.4) is 0 Å². The molecule has 1 fully saturated rings. The molecule has 0 spiro atoms. The summed E-state index contributed by atoms with van der Waals surface area (Å²) >= 11 is 2.72. The minimum absolute atomic E-state index is 0.0873. The Bertz CT molecular complexity index is 1520. The molecular formula is C25H28N8O3S3. The Labute approximate surface area is 236 Å². The van der Waals surface area contributed by atoms with E-state index in [1.807, 2.05) is 43.3 Å². The lowest BCUT2D eigenvalue weighted by Gasteiger charge is -2.31. The van der Waals surface area contributed by atoms with Crippen molar-refractivity contribution in [2.24, 2.45) is 0 Å². The zero-order valence-corrected chi connectivity index (χ0v) is 24.1. The van der Waals surface area contributed by atoms with E-state index < -0.39 is 10.2 Å². The Kier molecular flexibility index (Phi) is 8.37. The van der Waals surface area contributed by atoms with E-state index >= 15 is 0 Å². The fourth-order valence-electron chi connectivity index (χ4n) is 4.01. The molecule has 204 valence electrons. The zero-order valence-electron chi connectivity index (χ0n) is 21.7. The van der Waals surface area contributed by atoms with Crippen LogP contribution in [-0.4, -0.2) is 68.5 Å². The number of nitrogens with zero attached hydrogens (tertiary/aromatic N) is 7. The number of hydrogen-bond donors (Lipinski definition) is 1. The van der Waals surface area contributed by atoms with E-state index in [9.17, 15) is 8.42 Å². The molecule has 0 radical (unpaired) electrons. The van der Waals surface area contributed by atoms with Crippen LogP contribution in [0.1, 0.15) is 30.3 Å². The molecule has 1 N–H and O–H groups in total. The molecule has 4 aromatic heterocycles. The normalized spacial score (nSPS) is 15.0. The van der Waals surface area contributed by atoms with Crippen molar-refractivity contribution >= 4 is 44.5 Å². The third kappa shape index (κ3) is 6.53. The van der Waals surface area contributed by atoms with Crippen molar-refractivity contribution < 1.29 is 13.2 Å². The summed E-state index contributed by atoms with van der Waals surface area (Å²) in [7, 11) is -0.318. The Balaban J connectivity index is 1.33. The van der Waals surface area contributed by atoms with Gasteiger partial charge in [-0.25, -0.2) is 15.0 Å². The molecule has 0 unspecified atom stereocenters. The standard InChI is InChI=1S/C25H28N8O3S3/c1-17-20(7-6-12-26-17)36-21-15-19(37-22-8-4-5-11-27-22)16-28-24(21)30-25-29-23(31-38-25)18-9-13-33(14-10-18)39(34,35)32(2)3/h4-8,11-12,15-16,18H,9-10,13-14H2,1-3H3,(H,28,29,30,31). The van der Waals surface area contributed by atoms with Gasteiger partial charge in [-0.15, -0.1) is 0 Å². The van der Waals surface area contributed by atoms with E-state index in [1.165, 1.54) is 31.9 Å². The molecule has 0 atom stereocenters. The smallest absolute Gasteiger partial charge is 0.281 e. The molecule has 5 rings (SSSR count). The second-order valence-corrected chi connectivity index (χ2v) is 13.0. The summed E-state index contributed by atoms with van der Waals surface area (Å²) in [5.74, 6) is 2.44. The molecule has 39 heavy (non-hydrogen) atoms. The first-order valence-electron chi connectivity index (χ1n) is 12.3. The van der Waals surface area contributed by atoms with Gasteiger partial charge in [-0.3, -0.25) is 4.98 Å². The highest BCUT2D eigenvalue weighted by Gasteiger charge is 2.31. The number of anilines is 2. The Hall–Kier alpha value is -3.17. The molecule has 14 heteroatoms. The predicted molar refractivity (Wildman–Crippen MR) is 151 cm³/mol. The largest absolute Gasteiger partial charge is 0.452 e. The van der Waals surface area contributed by atoms with Gasteiger partial charge >= 0.3 is 0 Å². The predicted octanol–water partition coefficient (Wildman–Crippen LogP) is 4.70. The van der Waals surface area contributed by atoms with Gasteiger partial charge in [-0.05, 0) is 44.0 Å². The fraction of sp³-hybridized carbons (Fsp3) is 0.320. The highest BCUT2D eigenvalue weighted by molar-refractivity contribution is 7.99. The van der Waals surface area contributed by atoms with E-state index in [2.05, 4.69) is 24.6 Å². The lowest BCUT2D eigenvalue weighted by molar-refractivity contribution is 0.298. The maximum Gasteiger partial charge on any atom is 0.281 e. The van der Waals surface area contributed by atoms with Crippen LogP contribution >= 0.6 is 23.3 Å². The van der Waals surface area contributed by atoms with E-state index in [-0.39, 0.29) is 5.92 Å². The number of rotatable bonds is 9. The number of piperidine rings is 1. The topological polar surface area (TPSA) is 126 Å². The first kappa shape index (κ1) is 27.4. The summed E-state index contributed by atoms with van der Waals surface area (Å²) in [6.45, 7) is 2.76. The molecule has 0 aliphatic carbocycles. The van der Waals surface area contributed by atoms with Crippen LogP contribution in [0.15, 0.2) is 64.9 Å². The molecule has 5 heterocycles. The van der Waals surface area contributed by atoms with Gasteiger partial charge in [0.15, 0.2) is 11.6 Å². The molecular weight excluding hydrogens is 557 g/mol. The summed E-state index contributed by atoms with van der Waals surface area (Å²) in [5, 5.41) is 4.69. The zero-order chi connectivity index (χ0) is 27.4. The van der Waals surface area contributed by atoms with Gasteiger partial charge < -0.3 is 10.1 Å². The van der Waals surface area contributed by atoms with Crippen molar-refractivity contribution in [1.29, 1.82) is 0 Å². The van der Waals surface area contributed by atoms with Crippen LogP contribution in [0, 0.1) is 6.92 Å². The van der Waals surface area contributed by atoms with Crippen LogP contribution in [-0.2, 0) is 10.2 Å². The van der Waals surface area contributed by atoms with Crippen molar-refractivity contribution in [3.8, 4) is 11.5 Å². The van der Waals surface area contributed by atoms with Gasteiger partial charge in [0.2, 0.25) is 5.13 Å². The van der Waals surface area contributed by atoms with Crippen LogP contribution < -0.4 is 10.1 Å². The highest BCUT2D eigenvalue weighted by atomic mass is 32.2. The number of nitrogens with one attached hydrogen (secondary N) is 1. The maximum absolute atomic E-state index is 12.4. The first-order chi connectivity index (χ1) is 18.8. The van der Waals surface area contributed by atoms with Crippen molar-refractivity contribution in [3.05, 3.63) is 66.5 Å². The highest BCUT2D eigenvalue weighted by Crippen LogP contribution is 2.37. The Morgan fingerprint density at radius 2 is 1.87 bits per heavy atom. The average molecular weight is 585 g/mol. The minimum Gasteiger partial charge on any atom is -0.452 e. The second kappa shape index (κ2) is 11.9. The third-order valence-electron chi connectivity index (χ3n) is 6.14. The van der Waals surface area contributed by atoms with Crippen LogP contribution in [0.5, 0.6) is 11.5 Å². The molecule has 0 saturated carbocycles. The molecule has 0 amide bonds. The van der Waals surface area contributed by atoms with Gasteiger partial charge in [0.05, 0.1) is 5.69 Å². The SMILES string of the molecule is Cc1ncccc1Oc1cc(Sc2ccccn2)cnc1Nc1nc(C2CCN(S(=O)(=O)N(C)C)CC2)ns1. The number of ether oxygens (including phenoxy) is 1. The summed E-state index contributed by atoms with van der Waals surface area (Å²) in [6, 6.07) is 11.3. The summed E-state index contributed by atoms with van der Waals surface area (Å²) < 4.78 is 38.4. The molecule has 4 aromatic rings. The van der Waals surface area contributed by atoms with Crippen molar-refractivity contribution in [1.82, 2.24) is 32.9 Å². The van der Waals surface area contributed by atoms with E-state index in [0.29, 0.717) is 54.2 Å². The van der Waals surface area contributed by atoms with Gasteiger partial charge in [0.25, 0.3) is 10.2 Å². The fourth-order valence-corrected chi connectivity index (χ4v) is 6.56. The van der Waals surface area contributed by atoms with Gasteiger partial charge in [0, 0.05) is 74.2 Å². The quantitative estimate of drug-likeness (QED) is 0.296. The molecule has 0 bridgehead atoms. The van der Waals surface area contributed by atoms with Crippen LogP contribution in [0.4, 0.5) is 10.9 Å². The van der Waals surface area contributed by atoms with Gasteiger partial charge in [-0.2, -0.15) is 21.4 Å². The average Bonchev–Trinajstić information content (AvgIpc) is 3.40. The monoisotopic (exact) mass is 584 g/mol. The van der Waals surface area contributed by atoms with E-state index in [1.54, 1.807) is 32.7 Å². The van der Waals surface area contributed by atoms with Crippen LogP contribution in [0.2, 0.25) is 0 Å². The Morgan fingerprint density at radius 3 is 2.59 bits per heavy atom. The molecule has 0 aromatic carbocycles. The number of hydrogen-bond acceptors (Lipinski definition) is 11. The summed E-state index contributed by atoms with van der Waals surface area (Å²) in [4.78, 5) is 18.9. The number of aromatic nitrogens is 5. The molecule has 1 saturated heterocycles. The summed E-state index contributed by atoms with van der Waals surface area (Å²) in [6.07, 6.45) is 6.55. The minimum atomic E-state index is -3.41. The van der Waals surface area contributed by atoms with Crippen LogP contribution in [0.25, 0.3) is 0 Å². The maximum atomic E-state index is 12.4. The lowest BCUT2D eigenvalue weighted by Crippen LogP contribution is -2.44. The number of pyridine rings is 3. The lowest BCUT2D eigenvalue weighted by atomic mass is 9.98. The Morgan fingerprint density at radius 1 is 1.08 bits per heavy atom. The number of aryl methyl sites for hydroxylation is 1. The third-order valence-corrected chi connectivity index (χ3v) is 9.63. The molecule has 11 nitrogen and oxygen atoms in total. The van der Waals surface area contributed by atoms with Crippen molar-refractivity contribution in [3.63, 3.8) is 0 Å². The van der Waals surface area contributed by atoms with Crippen molar-refractivity contribution in [2.45, 2.75) is 35.6 Å². The second-order valence-electron chi connectivity index (χ2n) is 9.02. The van der Waals surface area contributed by atoms with E-state index in [0.717, 1.165) is 15.6 Å². The van der Waals surface area contributed by atoms with E-state index in [4.69, 9.17) is 9.72 Å². The summed E-state index contributed by atoms with van der Waals surface area (Å²) in [5.41, 5.74) is 0.757. The van der Waals surface area contributed by atoms with Crippen molar-refractivity contribution in [2.75, 3.05) is 32.5 Å². The first-order valence-corrected chi connectivity index (χ1v) is 15.2.